The Balaban J connectivity index is 4.36. The fourth-order valence-electron chi connectivity index (χ4n) is 5.75. The number of carbonyl (C=O) groups excluding carboxylic acids is 1. The quantitative estimate of drug-likeness (QED) is 0.0657. The van der Waals surface area contributed by atoms with E-state index in [0.717, 1.165) is 32.4 Å². The van der Waals surface area contributed by atoms with E-state index >= 15 is 0 Å². The predicted octanol–water partition coefficient (Wildman–Crippen LogP) is 11.5. The molecule has 0 heterocycles. The minimum Gasteiger partial charge on any atom is -0.385 e. The zero-order chi connectivity index (χ0) is 32.6. The first-order valence-electron chi connectivity index (χ1n) is 19.4. The summed E-state index contributed by atoms with van der Waals surface area (Å²) in [6, 6.07) is 0. The largest absolute Gasteiger partial charge is 0.385 e. The molecule has 0 aromatic heterocycles. The molecule has 0 aliphatic rings. The third kappa shape index (κ3) is 30.0. The summed E-state index contributed by atoms with van der Waals surface area (Å²) in [6.45, 7) is 13.7. The van der Waals surface area contributed by atoms with Crippen LogP contribution in [0.2, 0.25) is 0 Å². The highest BCUT2D eigenvalue weighted by molar-refractivity contribution is 5.77. The van der Waals surface area contributed by atoms with E-state index in [2.05, 4.69) is 25.7 Å². The van der Waals surface area contributed by atoms with Crippen molar-refractivity contribution in [3.05, 3.63) is 0 Å². The Labute approximate surface area is 276 Å². The maximum Gasteiger partial charge on any atom is 0.248 e. The fourth-order valence-corrected chi connectivity index (χ4v) is 5.75. The van der Waals surface area contributed by atoms with Crippen LogP contribution in [0.3, 0.4) is 0 Å². The molecule has 1 atom stereocenters. The minimum absolute atomic E-state index is 0.113. The van der Waals surface area contributed by atoms with E-state index in [4.69, 9.17) is 14.2 Å². The normalized spacial score (nSPS) is 12.6. The van der Waals surface area contributed by atoms with Crippen LogP contribution in [0, 0.1) is 0 Å². The third-order valence-electron chi connectivity index (χ3n) is 8.95. The zero-order valence-corrected chi connectivity index (χ0v) is 30.9. The predicted molar refractivity (Wildman–Crippen MR) is 191 cm³/mol. The number of hydrogen-bond acceptors (Lipinski definition) is 4. The lowest BCUT2D eigenvalue weighted by Gasteiger charge is -2.29. The van der Waals surface area contributed by atoms with Crippen LogP contribution in [0.15, 0.2) is 0 Å². The second-order valence-corrected chi connectivity index (χ2v) is 14.1. The first kappa shape index (κ1) is 43.4. The van der Waals surface area contributed by atoms with Crippen LogP contribution >= 0.6 is 0 Å². The van der Waals surface area contributed by atoms with Crippen LogP contribution in [-0.4, -0.2) is 62.5 Å². The number of hydrogen-bond donors (Lipinski definition) is 0. The summed E-state index contributed by atoms with van der Waals surface area (Å²) in [5, 5.41) is 0. The van der Waals surface area contributed by atoms with Gasteiger partial charge in [0.2, 0.25) is 5.91 Å². The van der Waals surface area contributed by atoms with Gasteiger partial charge in [-0.2, -0.15) is 0 Å². The van der Waals surface area contributed by atoms with Crippen LogP contribution in [0.25, 0.3) is 0 Å². The summed E-state index contributed by atoms with van der Waals surface area (Å²) in [7, 11) is 1.71. The molecule has 1 unspecified atom stereocenters. The molecule has 0 radical (unpaired) electrons. The number of rotatable bonds is 35. The number of ether oxygens (including phenoxy) is 3. The van der Waals surface area contributed by atoms with Gasteiger partial charge in [-0.25, -0.2) is 0 Å². The first-order valence-corrected chi connectivity index (χ1v) is 19.4. The Kier molecular flexibility index (Phi) is 31.8. The Bertz CT molecular complexity index is 569. The van der Waals surface area contributed by atoms with Crippen LogP contribution in [0.1, 0.15) is 195 Å². The van der Waals surface area contributed by atoms with Crippen molar-refractivity contribution < 1.29 is 19.0 Å². The standard InChI is InChI=1S/C39H79NO4/c1-7-9-11-13-15-17-19-21-23-25-27-29-32-40(33-30-28-26-24-22-20-18-16-14-12-10-8-2)38(41)35-44-39(4,5)36-43-37(3)31-34-42-6/h37H,7-36H2,1-6H3. The molecule has 0 bridgehead atoms. The van der Waals surface area contributed by atoms with Crippen molar-refractivity contribution in [1.82, 2.24) is 4.90 Å². The van der Waals surface area contributed by atoms with Crippen molar-refractivity contribution >= 4 is 5.91 Å². The SMILES string of the molecule is CCCCCCCCCCCCCCN(CCCCCCCCCCCCCC)C(=O)COC(C)(C)COC(C)CCOC. The smallest absolute Gasteiger partial charge is 0.248 e. The molecule has 0 aromatic carbocycles. The number of amides is 1. The Hall–Kier alpha value is -0.650. The highest BCUT2D eigenvalue weighted by Crippen LogP contribution is 2.16. The van der Waals surface area contributed by atoms with E-state index < -0.39 is 5.60 Å². The van der Waals surface area contributed by atoms with Crippen LogP contribution < -0.4 is 0 Å². The molecule has 0 aliphatic carbocycles. The van der Waals surface area contributed by atoms with Crippen molar-refractivity contribution in [2.75, 3.05) is 40.0 Å². The molecule has 1 amide bonds. The molecule has 0 saturated heterocycles. The topological polar surface area (TPSA) is 48.0 Å². The molecule has 5 nitrogen and oxygen atoms in total. The summed E-state index contributed by atoms with van der Waals surface area (Å²) in [4.78, 5) is 15.4. The van der Waals surface area contributed by atoms with Crippen molar-refractivity contribution in [3.8, 4) is 0 Å². The summed E-state index contributed by atoms with van der Waals surface area (Å²) < 4.78 is 17.2. The van der Waals surface area contributed by atoms with Gasteiger partial charge in [-0.05, 0) is 40.0 Å². The van der Waals surface area contributed by atoms with Gasteiger partial charge in [0.1, 0.15) is 6.61 Å². The van der Waals surface area contributed by atoms with E-state index in [1.165, 1.54) is 141 Å². The monoisotopic (exact) mass is 626 g/mol. The molecule has 0 aromatic rings. The Morgan fingerprint density at radius 2 is 0.977 bits per heavy atom. The Morgan fingerprint density at radius 3 is 1.34 bits per heavy atom. The summed E-state index contributed by atoms with van der Waals surface area (Å²) in [5.74, 6) is 0.136. The van der Waals surface area contributed by atoms with Gasteiger partial charge < -0.3 is 19.1 Å². The zero-order valence-electron chi connectivity index (χ0n) is 30.9. The van der Waals surface area contributed by atoms with Gasteiger partial charge in [-0.3, -0.25) is 4.79 Å². The van der Waals surface area contributed by atoms with E-state index in [9.17, 15) is 4.79 Å². The van der Waals surface area contributed by atoms with Crippen molar-refractivity contribution in [3.63, 3.8) is 0 Å². The van der Waals surface area contributed by atoms with Crippen molar-refractivity contribution in [2.45, 2.75) is 207 Å². The van der Waals surface area contributed by atoms with E-state index in [-0.39, 0.29) is 18.6 Å². The van der Waals surface area contributed by atoms with Gasteiger partial charge in [-0.15, -0.1) is 0 Å². The van der Waals surface area contributed by atoms with E-state index in [1.807, 2.05) is 13.8 Å². The number of unbranched alkanes of at least 4 members (excludes halogenated alkanes) is 22. The second kappa shape index (κ2) is 32.3. The number of nitrogens with zero attached hydrogens (tertiary/aromatic N) is 1. The molecule has 0 saturated carbocycles. The second-order valence-electron chi connectivity index (χ2n) is 14.1. The van der Waals surface area contributed by atoms with Crippen molar-refractivity contribution in [1.29, 1.82) is 0 Å². The van der Waals surface area contributed by atoms with Crippen LogP contribution in [0.5, 0.6) is 0 Å². The van der Waals surface area contributed by atoms with Crippen LogP contribution in [-0.2, 0) is 19.0 Å². The van der Waals surface area contributed by atoms with Crippen molar-refractivity contribution in [2.24, 2.45) is 0 Å². The van der Waals surface area contributed by atoms with Gasteiger partial charge in [0, 0.05) is 26.8 Å². The molecular formula is C39H79NO4. The van der Waals surface area contributed by atoms with Gasteiger partial charge in [0.25, 0.3) is 0 Å². The minimum atomic E-state index is -0.491. The third-order valence-corrected chi connectivity index (χ3v) is 8.95. The molecule has 0 rings (SSSR count). The maximum atomic E-state index is 13.3. The summed E-state index contributed by atoms with van der Waals surface area (Å²) in [6.07, 6.45) is 33.1. The summed E-state index contributed by atoms with van der Waals surface area (Å²) in [5.41, 5.74) is -0.491. The fraction of sp³-hybridized carbons (Fsp3) is 0.974. The molecule has 5 heteroatoms. The molecule has 264 valence electrons. The summed E-state index contributed by atoms with van der Waals surface area (Å²) >= 11 is 0. The molecule has 0 spiro atoms. The lowest BCUT2D eigenvalue weighted by Crippen LogP contribution is -2.40. The highest BCUT2D eigenvalue weighted by Gasteiger charge is 2.23. The molecule has 0 fully saturated rings. The average molecular weight is 626 g/mol. The highest BCUT2D eigenvalue weighted by atomic mass is 16.5. The molecule has 0 N–H and O–H groups in total. The molecule has 44 heavy (non-hydrogen) atoms. The Morgan fingerprint density at radius 1 is 0.614 bits per heavy atom. The molecule has 0 aliphatic heterocycles. The van der Waals surface area contributed by atoms with Gasteiger partial charge in [-0.1, -0.05) is 155 Å². The maximum absolute atomic E-state index is 13.3. The number of carbonyl (C=O) groups is 1. The first-order chi connectivity index (χ1) is 21.4. The number of methoxy groups -OCH3 is 1. The van der Waals surface area contributed by atoms with E-state index in [0.29, 0.717) is 13.2 Å². The van der Waals surface area contributed by atoms with Crippen LogP contribution in [0.4, 0.5) is 0 Å². The van der Waals surface area contributed by atoms with Gasteiger partial charge in [0.05, 0.1) is 18.3 Å². The van der Waals surface area contributed by atoms with Gasteiger partial charge >= 0.3 is 0 Å². The lowest BCUT2D eigenvalue weighted by atomic mass is 10.0. The molecular weight excluding hydrogens is 546 g/mol. The van der Waals surface area contributed by atoms with Gasteiger partial charge in [0.15, 0.2) is 0 Å². The lowest BCUT2D eigenvalue weighted by molar-refractivity contribution is -0.147. The average Bonchev–Trinajstić information content (AvgIpc) is 3.01. The van der Waals surface area contributed by atoms with E-state index in [1.54, 1.807) is 7.11 Å².